The van der Waals surface area contributed by atoms with Crippen LogP contribution in [0.4, 0.5) is 5.82 Å². The zero-order valence-corrected chi connectivity index (χ0v) is 18.6. The van der Waals surface area contributed by atoms with Crippen LogP contribution in [0.5, 0.6) is 5.75 Å². The molecule has 1 atom stereocenters. The van der Waals surface area contributed by atoms with Gasteiger partial charge in [0.05, 0.1) is 18.5 Å². The standard InChI is InChI=1S/C23H35N3O2/c1-16(15-22(2,3)4)13-21(27)24-20-14-19(23(5,6)7)25-26(20)17-9-11-18(28-8)12-10-17/h9-12,14,16H,13,15H2,1-8H3,(H,24,27)/t16-/m0/s1. The molecule has 0 aliphatic carbocycles. The summed E-state index contributed by atoms with van der Waals surface area (Å²) in [5, 5.41) is 7.84. The summed E-state index contributed by atoms with van der Waals surface area (Å²) in [5.74, 6) is 1.82. The number of hydrogen-bond donors (Lipinski definition) is 1. The van der Waals surface area contributed by atoms with E-state index in [1.165, 1.54) is 0 Å². The van der Waals surface area contributed by atoms with Gasteiger partial charge in [0.25, 0.3) is 0 Å². The number of anilines is 1. The van der Waals surface area contributed by atoms with E-state index in [1.54, 1.807) is 11.8 Å². The molecule has 1 N–H and O–H groups in total. The van der Waals surface area contributed by atoms with Crippen molar-refractivity contribution in [3.63, 3.8) is 0 Å². The van der Waals surface area contributed by atoms with Gasteiger partial charge in [-0.05, 0) is 42.0 Å². The lowest BCUT2D eigenvalue weighted by Crippen LogP contribution is -2.20. The summed E-state index contributed by atoms with van der Waals surface area (Å²) in [7, 11) is 1.64. The Labute approximate surface area is 169 Å². The molecule has 5 heteroatoms. The van der Waals surface area contributed by atoms with E-state index in [4.69, 9.17) is 9.84 Å². The Morgan fingerprint density at radius 2 is 1.75 bits per heavy atom. The van der Waals surface area contributed by atoms with Crippen molar-refractivity contribution in [2.45, 2.75) is 66.7 Å². The Kier molecular flexibility index (Phi) is 6.58. The highest BCUT2D eigenvalue weighted by Gasteiger charge is 2.23. The van der Waals surface area contributed by atoms with Crippen LogP contribution in [0.2, 0.25) is 0 Å². The fourth-order valence-electron chi connectivity index (χ4n) is 3.38. The Balaban J connectivity index is 2.26. The first kappa shape index (κ1) is 22.0. The van der Waals surface area contributed by atoms with Crippen molar-refractivity contribution < 1.29 is 9.53 Å². The molecule has 1 heterocycles. The van der Waals surface area contributed by atoms with Crippen LogP contribution in [0, 0.1) is 11.3 Å². The molecule has 1 aromatic carbocycles. The number of nitrogens with one attached hydrogen (secondary N) is 1. The predicted octanol–water partition coefficient (Wildman–Crippen LogP) is 5.58. The number of nitrogens with zero attached hydrogens (tertiary/aromatic N) is 2. The van der Waals surface area contributed by atoms with Crippen LogP contribution in [0.1, 0.15) is 67.0 Å². The van der Waals surface area contributed by atoms with Gasteiger partial charge in [-0.15, -0.1) is 0 Å². The van der Waals surface area contributed by atoms with Crippen molar-refractivity contribution in [1.82, 2.24) is 9.78 Å². The molecule has 0 saturated carbocycles. The maximum atomic E-state index is 12.7. The van der Waals surface area contributed by atoms with Gasteiger partial charge in [0.2, 0.25) is 5.91 Å². The molecular formula is C23H35N3O2. The van der Waals surface area contributed by atoms with Gasteiger partial charge < -0.3 is 10.1 Å². The van der Waals surface area contributed by atoms with Crippen molar-refractivity contribution in [1.29, 1.82) is 0 Å². The van der Waals surface area contributed by atoms with E-state index in [1.807, 2.05) is 30.3 Å². The summed E-state index contributed by atoms with van der Waals surface area (Å²) in [6, 6.07) is 9.64. The van der Waals surface area contributed by atoms with Gasteiger partial charge >= 0.3 is 0 Å². The molecule has 2 rings (SSSR count). The fourth-order valence-corrected chi connectivity index (χ4v) is 3.38. The van der Waals surface area contributed by atoms with E-state index in [0.717, 1.165) is 23.6 Å². The maximum absolute atomic E-state index is 12.7. The fraction of sp³-hybridized carbons (Fsp3) is 0.565. The number of ether oxygens (including phenoxy) is 1. The van der Waals surface area contributed by atoms with Crippen LogP contribution >= 0.6 is 0 Å². The zero-order chi connectivity index (χ0) is 21.1. The molecule has 1 amide bonds. The number of carbonyl (C=O) groups is 1. The van der Waals surface area contributed by atoms with Crippen molar-refractivity contribution >= 4 is 11.7 Å². The first-order valence-electron chi connectivity index (χ1n) is 9.94. The van der Waals surface area contributed by atoms with E-state index in [-0.39, 0.29) is 16.7 Å². The average Bonchev–Trinajstić information content (AvgIpc) is 2.96. The third kappa shape index (κ3) is 6.11. The van der Waals surface area contributed by atoms with E-state index >= 15 is 0 Å². The molecule has 154 valence electrons. The molecule has 0 radical (unpaired) electrons. The minimum absolute atomic E-state index is 0.0203. The van der Waals surface area contributed by atoms with Crippen LogP contribution in [0.25, 0.3) is 5.69 Å². The monoisotopic (exact) mass is 385 g/mol. The molecule has 0 unspecified atom stereocenters. The Hall–Kier alpha value is -2.30. The lowest BCUT2D eigenvalue weighted by molar-refractivity contribution is -0.117. The molecule has 0 bridgehead atoms. The van der Waals surface area contributed by atoms with E-state index in [2.05, 4.69) is 53.8 Å². The molecule has 2 aromatic rings. The van der Waals surface area contributed by atoms with Gasteiger partial charge in [0.1, 0.15) is 11.6 Å². The number of aromatic nitrogens is 2. The summed E-state index contributed by atoms with van der Waals surface area (Å²) in [5.41, 5.74) is 1.91. The molecule has 0 saturated heterocycles. The molecule has 28 heavy (non-hydrogen) atoms. The normalized spacial score (nSPS) is 13.3. The molecule has 0 aliphatic heterocycles. The van der Waals surface area contributed by atoms with Gasteiger partial charge in [-0.3, -0.25) is 4.79 Å². The predicted molar refractivity (Wildman–Crippen MR) is 115 cm³/mol. The second-order valence-corrected chi connectivity index (χ2v) is 9.90. The van der Waals surface area contributed by atoms with Crippen LogP contribution < -0.4 is 10.1 Å². The minimum atomic E-state index is -0.114. The highest BCUT2D eigenvalue weighted by molar-refractivity contribution is 5.90. The van der Waals surface area contributed by atoms with Gasteiger partial charge in [-0.25, -0.2) is 4.68 Å². The number of rotatable bonds is 6. The van der Waals surface area contributed by atoms with E-state index in [9.17, 15) is 4.79 Å². The zero-order valence-electron chi connectivity index (χ0n) is 18.6. The summed E-state index contributed by atoms with van der Waals surface area (Å²) < 4.78 is 7.04. The van der Waals surface area contributed by atoms with Crippen molar-refractivity contribution in [3.05, 3.63) is 36.0 Å². The first-order valence-corrected chi connectivity index (χ1v) is 9.94. The highest BCUT2D eigenvalue weighted by Crippen LogP contribution is 2.29. The Morgan fingerprint density at radius 1 is 1.14 bits per heavy atom. The molecule has 1 aromatic heterocycles. The number of carbonyl (C=O) groups excluding carboxylic acids is 1. The molecular weight excluding hydrogens is 350 g/mol. The number of hydrogen-bond acceptors (Lipinski definition) is 3. The molecule has 5 nitrogen and oxygen atoms in total. The molecule has 0 fully saturated rings. The van der Waals surface area contributed by atoms with Crippen molar-refractivity contribution in [2.24, 2.45) is 11.3 Å². The lowest BCUT2D eigenvalue weighted by atomic mass is 9.84. The third-order valence-electron chi connectivity index (χ3n) is 4.56. The molecule has 0 spiro atoms. The summed E-state index contributed by atoms with van der Waals surface area (Å²) in [6.45, 7) is 15.1. The first-order chi connectivity index (χ1) is 12.9. The number of amides is 1. The smallest absolute Gasteiger partial charge is 0.225 e. The van der Waals surface area contributed by atoms with Gasteiger partial charge in [-0.1, -0.05) is 48.5 Å². The second-order valence-electron chi connectivity index (χ2n) is 9.90. The summed E-state index contributed by atoms with van der Waals surface area (Å²) in [6.07, 6.45) is 1.50. The van der Waals surface area contributed by atoms with Crippen LogP contribution in [-0.4, -0.2) is 22.8 Å². The lowest BCUT2D eigenvalue weighted by Gasteiger charge is -2.22. The quantitative estimate of drug-likeness (QED) is 0.706. The average molecular weight is 386 g/mol. The van der Waals surface area contributed by atoms with Crippen molar-refractivity contribution in [2.75, 3.05) is 12.4 Å². The van der Waals surface area contributed by atoms with Crippen molar-refractivity contribution in [3.8, 4) is 11.4 Å². The minimum Gasteiger partial charge on any atom is -0.497 e. The maximum Gasteiger partial charge on any atom is 0.225 e. The van der Waals surface area contributed by atoms with Crippen LogP contribution in [0.15, 0.2) is 30.3 Å². The number of methoxy groups -OCH3 is 1. The topological polar surface area (TPSA) is 56.1 Å². The number of benzene rings is 1. The summed E-state index contributed by atoms with van der Waals surface area (Å²) in [4.78, 5) is 12.7. The second kappa shape index (κ2) is 8.38. The summed E-state index contributed by atoms with van der Waals surface area (Å²) >= 11 is 0. The SMILES string of the molecule is COc1ccc(-n2nc(C(C)(C)C)cc2NC(=O)C[C@H](C)CC(C)(C)C)cc1. The van der Waals surface area contributed by atoms with E-state index in [0.29, 0.717) is 18.2 Å². The van der Waals surface area contributed by atoms with Crippen LogP contribution in [0.3, 0.4) is 0 Å². The van der Waals surface area contributed by atoms with Gasteiger partial charge in [-0.2, -0.15) is 5.10 Å². The Morgan fingerprint density at radius 3 is 2.25 bits per heavy atom. The highest BCUT2D eigenvalue weighted by atomic mass is 16.5. The molecule has 0 aliphatic rings. The van der Waals surface area contributed by atoms with E-state index < -0.39 is 0 Å². The third-order valence-corrected chi connectivity index (χ3v) is 4.56. The van der Waals surface area contributed by atoms with Crippen LogP contribution in [-0.2, 0) is 10.2 Å². The largest absolute Gasteiger partial charge is 0.497 e. The Bertz CT molecular complexity index is 793. The van der Waals surface area contributed by atoms with Gasteiger partial charge in [0, 0.05) is 17.9 Å². The van der Waals surface area contributed by atoms with Gasteiger partial charge in [0.15, 0.2) is 0 Å².